The number of hydrogen-bond acceptors (Lipinski definition) is 8. The van der Waals surface area contributed by atoms with Crippen molar-refractivity contribution in [3.05, 3.63) is 65.7 Å². The first-order chi connectivity index (χ1) is 20.0. The van der Waals surface area contributed by atoms with Crippen molar-refractivity contribution in [3.63, 3.8) is 0 Å². The predicted octanol–water partition coefficient (Wildman–Crippen LogP) is 0.931. The number of amides is 4. The van der Waals surface area contributed by atoms with Crippen molar-refractivity contribution in [1.29, 1.82) is 0 Å². The molecule has 6 atom stereocenters. The van der Waals surface area contributed by atoms with Crippen LogP contribution in [0.25, 0.3) is 0 Å². The summed E-state index contributed by atoms with van der Waals surface area (Å²) in [5.74, 6) is -5.37. The van der Waals surface area contributed by atoms with Gasteiger partial charge in [-0.25, -0.2) is 0 Å². The maximum atomic E-state index is 14.1. The van der Waals surface area contributed by atoms with Gasteiger partial charge in [0.2, 0.25) is 11.8 Å². The number of nitrogens with zero attached hydrogens (tertiary/aromatic N) is 2. The lowest BCUT2D eigenvalue weighted by molar-refractivity contribution is -0.138. The number of halogens is 2. The first-order valence-corrected chi connectivity index (χ1v) is 14.3. The minimum absolute atomic E-state index is 0.0332. The first-order valence-electron chi connectivity index (χ1n) is 13.5. The Balaban J connectivity index is 1.50. The molecule has 3 N–H and O–H groups in total. The quantitative estimate of drug-likeness (QED) is 0.189. The van der Waals surface area contributed by atoms with E-state index < -0.39 is 64.2 Å². The number of alkyl halides is 2. The molecule has 0 bridgehead atoms. The molecule has 42 heavy (non-hydrogen) atoms. The van der Waals surface area contributed by atoms with Gasteiger partial charge in [0.05, 0.1) is 24.1 Å². The number of aliphatic hydroxyl groups excluding tert-OH is 1. The molecule has 4 amide bonds. The molecule has 0 spiro atoms. The highest BCUT2D eigenvalue weighted by Gasteiger charge is 2.76. The highest BCUT2D eigenvalue weighted by molar-refractivity contribution is 6.58. The molecule has 3 fully saturated rings. The summed E-state index contributed by atoms with van der Waals surface area (Å²) in [5.41, 5.74) is 1.39. The number of anilines is 1. The SMILES string of the molecule is CN1C(=O)C2(Cl)CC3C(=CCC4C(=O)N(c5cccc(B(O)O)c5)C(=O)C43)C(c3ccccc3OCCO)C2(Cl)C1=O. The smallest absolute Gasteiger partial charge is 0.488 e. The zero-order valence-corrected chi connectivity index (χ0v) is 24.0. The van der Waals surface area contributed by atoms with Gasteiger partial charge in [0, 0.05) is 18.5 Å². The fraction of sp³-hybridized carbons (Fsp3) is 0.379. The van der Waals surface area contributed by atoms with Crippen LogP contribution in [0.5, 0.6) is 5.75 Å². The number of ether oxygens (including phenoxy) is 1. The van der Waals surface area contributed by atoms with Crippen LogP contribution in [0, 0.1) is 17.8 Å². The number of para-hydroxylation sites is 1. The van der Waals surface area contributed by atoms with E-state index in [0.717, 1.165) is 9.80 Å². The molecule has 0 aromatic heterocycles. The van der Waals surface area contributed by atoms with Crippen LogP contribution in [-0.2, 0) is 19.2 Å². The highest BCUT2D eigenvalue weighted by atomic mass is 35.5. The number of rotatable bonds is 6. The lowest BCUT2D eigenvalue weighted by Crippen LogP contribution is -2.60. The van der Waals surface area contributed by atoms with Crippen LogP contribution in [0.2, 0.25) is 0 Å². The summed E-state index contributed by atoms with van der Waals surface area (Å²) in [5, 5.41) is 28.7. The first kappa shape index (κ1) is 28.9. The summed E-state index contributed by atoms with van der Waals surface area (Å²) in [6.45, 7) is -0.296. The van der Waals surface area contributed by atoms with Gasteiger partial charge in [-0.2, -0.15) is 0 Å². The third-order valence-corrected chi connectivity index (χ3v) is 10.4. The Labute approximate surface area is 251 Å². The fourth-order valence-corrected chi connectivity index (χ4v) is 8.19. The van der Waals surface area contributed by atoms with Gasteiger partial charge in [-0.1, -0.05) is 42.0 Å². The van der Waals surface area contributed by atoms with Crippen LogP contribution in [0.4, 0.5) is 5.69 Å². The molecule has 10 nitrogen and oxygen atoms in total. The van der Waals surface area contributed by atoms with E-state index in [4.69, 9.17) is 27.9 Å². The molecule has 6 unspecified atom stereocenters. The summed E-state index contributed by atoms with van der Waals surface area (Å²) in [4.78, 5) is 53.2. The third kappa shape index (κ3) is 3.84. The van der Waals surface area contributed by atoms with Crippen LogP contribution in [-0.4, -0.2) is 80.8 Å². The minimum Gasteiger partial charge on any atom is -0.491 e. The average Bonchev–Trinajstić information content (AvgIpc) is 3.31. The van der Waals surface area contributed by atoms with Gasteiger partial charge in [-0.15, -0.1) is 23.2 Å². The van der Waals surface area contributed by atoms with Crippen molar-refractivity contribution in [2.45, 2.75) is 28.5 Å². The summed E-state index contributed by atoms with van der Waals surface area (Å²) in [6.07, 6.45) is 1.84. The number of benzene rings is 2. The lowest BCUT2D eigenvalue weighted by atomic mass is 9.56. The maximum Gasteiger partial charge on any atom is 0.488 e. The van der Waals surface area contributed by atoms with Crippen LogP contribution in [0.15, 0.2) is 60.2 Å². The van der Waals surface area contributed by atoms with Gasteiger partial charge in [0.15, 0.2) is 9.75 Å². The Morgan fingerprint density at radius 3 is 2.45 bits per heavy atom. The molecular formula is C29H27BCl2N2O8. The van der Waals surface area contributed by atoms with Crippen molar-refractivity contribution in [2.75, 3.05) is 25.2 Å². The number of allylic oxidation sites excluding steroid dienone is 2. The zero-order valence-electron chi connectivity index (χ0n) is 22.4. The second kappa shape index (κ2) is 10.2. The third-order valence-electron chi connectivity index (χ3n) is 9.02. The molecule has 2 aliphatic carbocycles. The highest BCUT2D eigenvalue weighted by Crippen LogP contribution is 2.66. The molecule has 6 rings (SSSR count). The lowest BCUT2D eigenvalue weighted by Gasteiger charge is -2.51. The Kier molecular flexibility index (Phi) is 7.02. The van der Waals surface area contributed by atoms with Crippen molar-refractivity contribution in [1.82, 2.24) is 4.90 Å². The molecule has 2 heterocycles. The molecule has 2 aromatic rings. The largest absolute Gasteiger partial charge is 0.491 e. The number of imide groups is 2. The standard InChI is InChI=1S/C29H27BCl2N2O8/c1-33-26(38)28(31)14-20-17(23(29(28,32)27(33)39)18-7-2-3-8-21(18)42-12-11-35)9-10-19-22(20)25(37)34(24(19)36)16-6-4-5-15(13-16)30(40)41/h2-9,13,19-20,22-23,35,40-41H,10-12,14H2,1H3. The zero-order chi connectivity index (χ0) is 30.1. The van der Waals surface area contributed by atoms with E-state index >= 15 is 0 Å². The van der Waals surface area contributed by atoms with Gasteiger partial charge in [0.25, 0.3) is 11.8 Å². The van der Waals surface area contributed by atoms with Crippen molar-refractivity contribution in [3.8, 4) is 5.75 Å². The molecule has 0 radical (unpaired) electrons. The van der Waals surface area contributed by atoms with E-state index in [0.29, 0.717) is 16.9 Å². The fourth-order valence-electron chi connectivity index (χ4n) is 7.17. The van der Waals surface area contributed by atoms with E-state index in [-0.39, 0.29) is 37.2 Å². The molecule has 1 saturated carbocycles. The number of likely N-dealkylation sites (tertiary alicyclic amines) is 1. The minimum atomic E-state index is -1.95. The molecule has 13 heteroatoms. The van der Waals surface area contributed by atoms with Gasteiger partial charge in [0.1, 0.15) is 12.4 Å². The van der Waals surface area contributed by atoms with Crippen molar-refractivity contribution >= 4 is 65.1 Å². The van der Waals surface area contributed by atoms with E-state index in [9.17, 15) is 34.3 Å². The Bertz CT molecular complexity index is 1550. The average molecular weight is 613 g/mol. The normalized spacial score (nSPS) is 32.0. The van der Waals surface area contributed by atoms with Gasteiger partial charge < -0.3 is 19.9 Å². The molecule has 2 saturated heterocycles. The van der Waals surface area contributed by atoms with Crippen LogP contribution < -0.4 is 15.1 Å². The number of hydrogen-bond donors (Lipinski definition) is 3. The summed E-state index contributed by atoms with van der Waals surface area (Å²) < 4.78 is 5.81. The monoisotopic (exact) mass is 612 g/mol. The summed E-state index contributed by atoms with van der Waals surface area (Å²) in [6, 6.07) is 12.7. The van der Waals surface area contributed by atoms with Crippen LogP contribution in [0.1, 0.15) is 24.3 Å². The van der Waals surface area contributed by atoms with Gasteiger partial charge in [-0.05, 0) is 42.4 Å². The van der Waals surface area contributed by atoms with E-state index in [1.54, 1.807) is 24.3 Å². The molecule has 2 aromatic carbocycles. The molecular weight excluding hydrogens is 586 g/mol. The van der Waals surface area contributed by atoms with Crippen LogP contribution in [0.3, 0.4) is 0 Å². The maximum absolute atomic E-state index is 14.1. The topological polar surface area (TPSA) is 145 Å². The van der Waals surface area contributed by atoms with E-state index in [1.807, 2.05) is 6.08 Å². The summed E-state index contributed by atoms with van der Waals surface area (Å²) >= 11 is 14.4. The van der Waals surface area contributed by atoms with Crippen molar-refractivity contribution < 1.29 is 39.1 Å². The van der Waals surface area contributed by atoms with E-state index in [2.05, 4.69) is 0 Å². The Hall–Kier alpha value is -3.22. The Morgan fingerprint density at radius 1 is 1.00 bits per heavy atom. The summed E-state index contributed by atoms with van der Waals surface area (Å²) in [7, 11) is -0.478. The molecule has 4 aliphatic rings. The van der Waals surface area contributed by atoms with Crippen molar-refractivity contribution in [2.24, 2.45) is 17.8 Å². The Morgan fingerprint density at radius 2 is 1.74 bits per heavy atom. The number of fused-ring (bicyclic) bond motifs is 4. The number of carbonyl (C=O) groups excluding carboxylic acids is 4. The van der Waals surface area contributed by atoms with Gasteiger partial charge in [-0.3, -0.25) is 29.0 Å². The molecule has 2 aliphatic heterocycles. The molecule has 218 valence electrons. The van der Waals surface area contributed by atoms with E-state index in [1.165, 1.54) is 31.3 Å². The second-order valence-electron chi connectivity index (χ2n) is 11.1. The number of aliphatic hydroxyl groups is 1. The predicted molar refractivity (Wildman–Crippen MR) is 153 cm³/mol. The van der Waals surface area contributed by atoms with Crippen LogP contribution >= 0.6 is 23.2 Å². The van der Waals surface area contributed by atoms with Gasteiger partial charge >= 0.3 is 7.12 Å². The number of carbonyl (C=O) groups is 4. The second-order valence-corrected chi connectivity index (χ2v) is 12.3.